The normalized spacial score (nSPS) is 31.5. The van der Waals surface area contributed by atoms with E-state index in [2.05, 4.69) is 4.99 Å². The zero-order chi connectivity index (χ0) is 10.1. The van der Waals surface area contributed by atoms with Crippen LogP contribution >= 0.6 is 11.6 Å². The van der Waals surface area contributed by atoms with Gasteiger partial charge in [0.25, 0.3) is 0 Å². The molecule has 2 unspecified atom stereocenters. The fourth-order valence-corrected chi connectivity index (χ4v) is 2.51. The molecule has 1 N–H and O–H groups in total. The summed E-state index contributed by atoms with van der Waals surface area (Å²) < 4.78 is 0. The molecule has 0 aromatic rings. The number of nitrogens with zero attached hydrogens (tertiary/aromatic N) is 1. The maximum atomic E-state index is 10.9. The van der Waals surface area contributed by atoms with Gasteiger partial charge in [-0.2, -0.15) is 0 Å². The molecule has 0 radical (unpaired) electrons. The van der Waals surface area contributed by atoms with Crippen LogP contribution in [0.2, 0.25) is 0 Å². The van der Waals surface area contributed by atoms with Gasteiger partial charge in [-0.15, -0.1) is 11.6 Å². The molecule has 1 aliphatic heterocycles. The van der Waals surface area contributed by atoms with E-state index in [1.807, 2.05) is 0 Å². The third-order valence-corrected chi connectivity index (χ3v) is 3.27. The van der Waals surface area contributed by atoms with Gasteiger partial charge in [0.1, 0.15) is 5.70 Å². The first-order valence-electron chi connectivity index (χ1n) is 4.81. The maximum absolute atomic E-state index is 10.9. The van der Waals surface area contributed by atoms with Crippen LogP contribution in [0.4, 0.5) is 0 Å². The molecule has 0 aromatic carbocycles. The molecule has 0 spiro atoms. The van der Waals surface area contributed by atoms with Crippen molar-refractivity contribution in [1.82, 2.24) is 0 Å². The van der Waals surface area contributed by atoms with E-state index in [1.54, 1.807) is 6.21 Å². The van der Waals surface area contributed by atoms with Crippen molar-refractivity contribution in [2.24, 2.45) is 10.9 Å². The molecule has 76 valence electrons. The fraction of sp³-hybridized carbons (Fsp3) is 0.600. The number of rotatable bonds is 1. The third-order valence-electron chi connectivity index (χ3n) is 2.88. The highest BCUT2D eigenvalue weighted by Crippen LogP contribution is 2.38. The molecule has 0 aromatic heterocycles. The Morgan fingerprint density at radius 1 is 1.64 bits per heavy atom. The van der Waals surface area contributed by atoms with Gasteiger partial charge >= 0.3 is 5.97 Å². The highest BCUT2D eigenvalue weighted by Gasteiger charge is 2.30. The Morgan fingerprint density at radius 3 is 3.14 bits per heavy atom. The van der Waals surface area contributed by atoms with Gasteiger partial charge in [0.15, 0.2) is 0 Å². The lowest BCUT2D eigenvalue weighted by Gasteiger charge is -2.30. The van der Waals surface area contributed by atoms with Gasteiger partial charge in [0.2, 0.25) is 0 Å². The predicted octanol–water partition coefficient (Wildman–Crippen LogP) is 2.21. The molecule has 4 heteroatoms. The number of allylic oxidation sites excluding steroid dienone is 1. The first kappa shape index (κ1) is 9.71. The van der Waals surface area contributed by atoms with Crippen LogP contribution in [0.25, 0.3) is 0 Å². The number of aliphatic imine (C=N–C) groups is 1. The summed E-state index contributed by atoms with van der Waals surface area (Å²) >= 11 is 6.05. The molecular formula is C10H12ClNO2. The molecule has 1 aliphatic carbocycles. The second-order valence-corrected chi connectivity index (χ2v) is 4.41. The lowest BCUT2D eigenvalue weighted by Crippen LogP contribution is -2.23. The third kappa shape index (κ3) is 1.69. The molecule has 0 amide bonds. The second-order valence-electron chi connectivity index (χ2n) is 3.79. The quantitative estimate of drug-likeness (QED) is 0.679. The minimum Gasteiger partial charge on any atom is -0.477 e. The summed E-state index contributed by atoms with van der Waals surface area (Å²) in [6.45, 7) is 0. The monoisotopic (exact) mass is 213 g/mol. The molecule has 2 aliphatic rings. The van der Waals surface area contributed by atoms with Crippen LogP contribution in [0.5, 0.6) is 0 Å². The van der Waals surface area contributed by atoms with Gasteiger partial charge in [-0.25, -0.2) is 4.79 Å². The molecule has 1 fully saturated rings. The smallest absolute Gasteiger partial charge is 0.354 e. The lowest BCUT2D eigenvalue weighted by molar-refractivity contribution is -0.132. The summed E-state index contributed by atoms with van der Waals surface area (Å²) in [6.07, 6.45) is 5.10. The molecule has 3 nitrogen and oxygen atoms in total. The van der Waals surface area contributed by atoms with Gasteiger partial charge in [-0.1, -0.05) is 0 Å². The zero-order valence-corrected chi connectivity index (χ0v) is 8.50. The topological polar surface area (TPSA) is 49.7 Å². The van der Waals surface area contributed by atoms with Crippen LogP contribution in [0.1, 0.15) is 25.7 Å². The molecular weight excluding hydrogens is 202 g/mol. The number of halogens is 1. The number of hydrogen-bond donors (Lipinski definition) is 1. The first-order valence-corrected chi connectivity index (χ1v) is 5.25. The van der Waals surface area contributed by atoms with Gasteiger partial charge in [0, 0.05) is 11.6 Å². The van der Waals surface area contributed by atoms with E-state index in [0.29, 0.717) is 5.92 Å². The van der Waals surface area contributed by atoms with Gasteiger partial charge < -0.3 is 5.11 Å². The van der Waals surface area contributed by atoms with Crippen LogP contribution in [0.3, 0.4) is 0 Å². The Balaban J connectivity index is 2.29. The van der Waals surface area contributed by atoms with Crippen molar-refractivity contribution in [1.29, 1.82) is 0 Å². The Hall–Kier alpha value is -0.830. The second kappa shape index (κ2) is 3.73. The maximum Gasteiger partial charge on any atom is 0.354 e. The molecule has 0 bridgehead atoms. The zero-order valence-electron chi connectivity index (χ0n) is 7.74. The Labute approximate surface area is 87.5 Å². The molecule has 0 saturated heterocycles. The number of aliphatic carboxylic acids is 1. The summed E-state index contributed by atoms with van der Waals surface area (Å²) in [5.74, 6) is -0.594. The summed E-state index contributed by atoms with van der Waals surface area (Å²) in [5, 5.41) is 9.14. The van der Waals surface area contributed by atoms with E-state index in [0.717, 1.165) is 31.3 Å². The van der Waals surface area contributed by atoms with E-state index < -0.39 is 5.97 Å². The summed E-state index contributed by atoms with van der Waals surface area (Å²) in [5.41, 5.74) is 1.25. The minimum atomic E-state index is -0.908. The summed E-state index contributed by atoms with van der Waals surface area (Å²) in [4.78, 5) is 14.8. The SMILES string of the molecule is O=C(O)C1=C2CCC(Cl)CC2CC=N1. The van der Waals surface area contributed by atoms with Crippen LogP contribution in [-0.4, -0.2) is 22.7 Å². The van der Waals surface area contributed by atoms with Crippen molar-refractivity contribution in [3.8, 4) is 0 Å². The van der Waals surface area contributed by atoms with Gasteiger partial charge in [-0.05, 0) is 37.2 Å². The van der Waals surface area contributed by atoms with Crippen molar-refractivity contribution in [3.63, 3.8) is 0 Å². The van der Waals surface area contributed by atoms with E-state index >= 15 is 0 Å². The Morgan fingerprint density at radius 2 is 2.43 bits per heavy atom. The van der Waals surface area contributed by atoms with E-state index in [-0.39, 0.29) is 11.1 Å². The van der Waals surface area contributed by atoms with Crippen molar-refractivity contribution >= 4 is 23.8 Å². The van der Waals surface area contributed by atoms with Crippen LogP contribution in [0.15, 0.2) is 16.3 Å². The lowest BCUT2D eigenvalue weighted by atomic mass is 9.80. The van der Waals surface area contributed by atoms with Gasteiger partial charge in [-0.3, -0.25) is 4.99 Å². The van der Waals surface area contributed by atoms with E-state index in [1.165, 1.54) is 0 Å². The van der Waals surface area contributed by atoms with Crippen molar-refractivity contribution in [2.45, 2.75) is 31.1 Å². The minimum absolute atomic E-state index is 0.199. The predicted molar refractivity (Wildman–Crippen MR) is 54.8 cm³/mol. The van der Waals surface area contributed by atoms with Crippen molar-refractivity contribution in [3.05, 3.63) is 11.3 Å². The summed E-state index contributed by atoms with van der Waals surface area (Å²) in [7, 11) is 0. The number of carbonyl (C=O) groups is 1. The van der Waals surface area contributed by atoms with Crippen molar-refractivity contribution in [2.75, 3.05) is 0 Å². The van der Waals surface area contributed by atoms with Crippen LogP contribution < -0.4 is 0 Å². The molecule has 1 saturated carbocycles. The number of carboxylic acids is 1. The van der Waals surface area contributed by atoms with E-state index in [9.17, 15) is 4.79 Å². The van der Waals surface area contributed by atoms with Gasteiger partial charge in [0.05, 0.1) is 0 Å². The Kier molecular flexibility index (Phi) is 2.59. The first-order chi connectivity index (χ1) is 6.68. The van der Waals surface area contributed by atoms with E-state index in [4.69, 9.17) is 16.7 Å². The van der Waals surface area contributed by atoms with Crippen LogP contribution in [-0.2, 0) is 4.79 Å². The number of hydrogen-bond acceptors (Lipinski definition) is 2. The largest absolute Gasteiger partial charge is 0.477 e. The number of carboxylic acid groups (broad SMARTS) is 1. The molecule has 2 rings (SSSR count). The average molecular weight is 214 g/mol. The standard InChI is InChI=1S/C10H12ClNO2/c11-7-1-2-8-6(5-7)3-4-12-9(8)10(13)14/h4,6-7H,1-3,5H2,(H,13,14). The molecule has 2 atom stereocenters. The highest BCUT2D eigenvalue weighted by molar-refractivity contribution is 6.20. The number of alkyl halides is 1. The summed E-state index contributed by atoms with van der Waals surface area (Å²) in [6, 6.07) is 0. The highest BCUT2D eigenvalue weighted by atomic mass is 35.5. The molecule has 1 heterocycles. The molecule has 14 heavy (non-hydrogen) atoms. The Bertz CT molecular complexity index is 322. The van der Waals surface area contributed by atoms with Crippen LogP contribution in [0, 0.1) is 5.92 Å². The number of fused-ring (bicyclic) bond motifs is 1. The fourth-order valence-electron chi connectivity index (χ4n) is 2.18. The average Bonchev–Trinajstić information content (AvgIpc) is 2.16. The van der Waals surface area contributed by atoms with Crippen molar-refractivity contribution < 1.29 is 9.90 Å².